The van der Waals surface area contributed by atoms with E-state index in [0.29, 0.717) is 6.42 Å². The predicted molar refractivity (Wildman–Crippen MR) is 76.9 cm³/mol. The Labute approximate surface area is 121 Å². The molecule has 0 saturated carbocycles. The van der Waals surface area contributed by atoms with Gasteiger partial charge in [0.2, 0.25) is 5.91 Å². The van der Waals surface area contributed by atoms with Crippen molar-refractivity contribution in [2.45, 2.75) is 32.7 Å². The van der Waals surface area contributed by atoms with Crippen molar-refractivity contribution in [1.29, 1.82) is 0 Å². The minimum atomic E-state index is -0.988. The van der Waals surface area contributed by atoms with Gasteiger partial charge in [0.05, 0.1) is 6.42 Å². The van der Waals surface area contributed by atoms with Crippen molar-refractivity contribution in [3.63, 3.8) is 0 Å². The standard InChI is InChI=1S/C14H18BrNO3/c1-9(2)7-12(14(18)19)16-13(17)8-10-3-5-11(15)6-4-10/h3-6,9,12H,7-8H2,1-2H3,(H,16,17)(H,18,19)/t12-/m1/s1. The Bertz CT molecular complexity index is 443. The minimum absolute atomic E-state index is 0.190. The molecule has 5 heteroatoms. The molecule has 0 aliphatic carbocycles. The number of hydrogen-bond acceptors (Lipinski definition) is 2. The largest absolute Gasteiger partial charge is 0.480 e. The highest BCUT2D eigenvalue weighted by molar-refractivity contribution is 9.10. The molecule has 0 aliphatic heterocycles. The van der Waals surface area contributed by atoms with E-state index in [1.807, 2.05) is 38.1 Å². The molecule has 19 heavy (non-hydrogen) atoms. The fourth-order valence-corrected chi connectivity index (χ4v) is 1.99. The molecular weight excluding hydrogens is 310 g/mol. The highest BCUT2D eigenvalue weighted by Crippen LogP contribution is 2.11. The van der Waals surface area contributed by atoms with E-state index >= 15 is 0 Å². The Morgan fingerprint density at radius 3 is 2.32 bits per heavy atom. The lowest BCUT2D eigenvalue weighted by Crippen LogP contribution is -2.42. The first-order chi connectivity index (χ1) is 8.88. The van der Waals surface area contributed by atoms with Gasteiger partial charge in [-0.1, -0.05) is 41.9 Å². The van der Waals surface area contributed by atoms with Gasteiger partial charge in [-0.15, -0.1) is 0 Å². The number of carbonyl (C=O) groups is 2. The van der Waals surface area contributed by atoms with Crippen molar-refractivity contribution < 1.29 is 14.7 Å². The average Bonchev–Trinajstić information content (AvgIpc) is 2.30. The number of carboxylic acid groups (broad SMARTS) is 1. The average molecular weight is 328 g/mol. The summed E-state index contributed by atoms with van der Waals surface area (Å²) in [6, 6.07) is 6.56. The van der Waals surface area contributed by atoms with Gasteiger partial charge >= 0.3 is 5.97 Å². The Balaban J connectivity index is 2.57. The molecule has 4 nitrogen and oxygen atoms in total. The van der Waals surface area contributed by atoms with Crippen LogP contribution in [0.4, 0.5) is 0 Å². The summed E-state index contributed by atoms with van der Waals surface area (Å²) in [5.41, 5.74) is 0.856. The molecule has 2 N–H and O–H groups in total. The number of hydrogen-bond donors (Lipinski definition) is 2. The molecular formula is C14H18BrNO3. The van der Waals surface area contributed by atoms with Crippen LogP contribution < -0.4 is 5.32 Å². The van der Waals surface area contributed by atoms with Crippen molar-refractivity contribution in [3.05, 3.63) is 34.3 Å². The lowest BCUT2D eigenvalue weighted by molar-refractivity contribution is -0.142. The van der Waals surface area contributed by atoms with Crippen molar-refractivity contribution in [2.75, 3.05) is 0 Å². The first-order valence-electron chi connectivity index (χ1n) is 6.15. The Morgan fingerprint density at radius 2 is 1.84 bits per heavy atom. The fraction of sp³-hybridized carbons (Fsp3) is 0.429. The zero-order valence-electron chi connectivity index (χ0n) is 11.0. The molecule has 0 spiro atoms. The van der Waals surface area contributed by atoms with Crippen LogP contribution in [-0.4, -0.2) is 23.0 Å². The molecule has 0 heterocycles. The van der Waals surface area contributed by atoms with Crippen molar-refractivity contribution in [1.82, 2.24) is 5.32 Å². The lowest BCUT2D eigenvalue weighted by atomic mass is 10.0. The number of aliphatic carboxylic acids is 1. The zero-order chi connectivity index (χ0) is 14.4. The molecule has 1 rings (SSSR count). The third-order valence-electron chi connectivity index (χ3n) is 2.62. The number of amides is 1. The third-order valence-corrected chi connectivity index (χ3v) is 3.15. The van der Waals surface area contributed by atoms with E-state index in [2.05, 4.69) is 21.2 Å². The maximum atomic E-state index is 11.8. The number of carbonyl (C=O) groups excluding carboxylic acids is 1. The highest BCUT2D eigenvalue weighted by atomic mass is 79.9. The Morgan fingerprint density at radius 1 is 1.26 bits per heavy atom. The van der Waals surface area contributed by atoms with Crippen LogP contribution in [-0.2, 0) is 16.0 Å². The van der Waals surface area contributed by atoms with Crippen LogP contribution in [0.5, 0.6) is 0 Å². The Kier molecular flexibility index (Phi) is 6.02. The SMILES string of the molecule is CC(C)C[C@@H](NC(=O)Cc1ccc(Br)cc1)C(=O)O. The van der Waals surface area contributed by atoms with Crippen molar-refractivity contribution in [2.24, 2.45) is 5.92 Å². The van der Waals surface area contributed by atoms with Gasteiger partial charge in [-0.3, -0.25) is 4.79 Å². The maximum Gasteiger partial charge on any atom is 0.326 e. The zero-order valence-corrected chi connectivity index (χ0v) is 12.6. The molecule has 0 aromatic heterocycles. The van der Waals surface area contributed by atoms with E-state index in [0.717, 1.165) is 10.0 Å². The van der Waals surface area contributed by atoms with E-state index in [1.54, 1.807) is 0 Å². The van der Waals surface area contributed by atoms with Gasteiger partial charge in [0.25, 0.3) is 0 Å². The molecule has 1 atom stereocenters. The van der Waals surface area contributed by atoms with E-state index in [1.165, 1.54) is 0 Å². The van der Waals surface area contributed by atoms with Crippen LogP contribution in [0.2, 0.25) is 0 Å². The van der Waals surface area contributed by atoms with Gasteiger partial charge in [-0.2, -0.15) is 0 Å². The maximum absolute atomic E-state index is 11.8. The summed E-state index contributed by atoms with van der Waals surface area (Å²) >= 11 is 3.32. The smallest absolute Gasteiger partial charge is 0.326 e. The van der Waals surface area contributed by atoms with Crippen LogP contribution in [0.15, 0.2) is 28.7 Å². The van der Waals surface area contributed by atoms with E-state index < -0.39 is 12.0 Å². The van der Waals surface area contributed by atoms with Gasteiger partial charge < -0.3 is 10.4 Å². The number of rotatable bonds is 6. The molecule has 0 saturated heterocycles. The summed E-state index contributed by atoms with van der Waals surface area (Å²) in [4.78, 5) is 22.9. The summed E-state index contributed by atoms with van der Waals surface area (Å²) in [5.74, 6) is -1.04. The number of halogens is 1. The topological polar surface area (TPSA) is 66.4 Å². The molecule has 1 amide bonds. The minimum Gasteiger partial charge on any atom is -0.480 e. The summed E-state index contributed by atoms with van der Waals surface area (Å²) in [7, 11) is 0. The lowest BCUT2D eigenvalue weighted by Gasteiger charge is -2.16. The van der Waals surface area contributed by atoms with Gasteiger partial charge in [0.1, 0.15) is 6.04 Å². The van der Waals surface area contributed by atoms with Crippen LogP contribution >= 0.6 is 15.9 Å². The van der Waals surface area contributed by atoms with Gasteiger partial charge in [0.15, 0.2) is 0 Å². The molecule has 1 aromatic rings. The van der Waals surface area contributed by atoms with Crippen LogP contribution in [0.3, 0.4) is 0 Å². The highest BCUT2D eigenvalue weighted by Gasteiger charge is 2.20. The number of carboxylic acids is 1. The van der Waals surface area contributed by atoms with Crippen molar-refractivity contribution >= 4 is 27.8 Å². The molecule has 0 radical (unpaired) electrons. The van der Waals surface area contributed by atoms with Crippen LogP contribution in [0.25, 0.3) is 0 Å². The molecule has 0 bridgehead atoms. The molecule has 0 aliphatic rings. The normalized spacial score (nSPS) is 12.2. The quantitative estimate of drug-likeness (QED) is 0.844. The van der Waals surface area contributed by atoms with E-state index in [4.69, 9.17) is 5.11 Å². The monoisotopic (exact) mass is 327 g/mol. The summed E-state index contributed by atoms with van der Waals surface area (Å²) in [6.07, 6.45) is 0.622. The first kappa shape index (κ1) is 15.7. The molecule has 1 aromatic carbocycles. The van der Waals surface area contributed by atoms with Gasteiger partial charge in [-0.25, -0.2) is 4.79 Å². The van der Waals surface area contributed by atoms with E-state index in [-0.39, 0.29) is 18.2 Å². The van der Waals surface area contributed by atoms with Crippen LogP contribution in [0, 0.1) is 5.92 Å². The molecule has 0 unspecified atom stereocenters. The predicted octanol–water partition coefficient (Wildman–Crippen LogP) is 2.61. The fourth-order valence-electron chi connectivity index (χ4n) is 1.73. The van der Waals surface area contributed by atoms with Gasteiger partial charge in [-0.05, 0) is 30.0 Å². The molecule has 0 fully saturated rings. The number of nitrogens with one attached hydrogen (secondary N) is 1. The van der Waals surface area contributed by atoms with Crippen LogP contribution in [0.1, 0.15) is 25.8 Å². The number of benzene rings is 1. The van der Waals surface area contributed by atoms with E-state index in [9.17, 15) is 9.59 Å². The summed E-state index contributed by atoms with van der Waals surface area (Å²) < 4.78 is 0.944. The summed E-state index contributed by atoms with van der Waals surface area (Å²) in [5, 5.41) is 11.6. The third kappa shape index (κ3) is 5.87. The second kappa shape index (κ2) is 7.28. The first-order valence-corrected chi connectivity index (χ1v) is 6.94. The van der Waals surface area contributed by atoms with Crippen molar-refractivity contribution in [3.8, 4) is 0 Å². The molecule has 104 valence electrons. The second-order valence-electron chi connectivity index (χ2n) is 4.89. The van der Waals surface area contributed by atoms with Gasteiger partial charge in [0, 0.05) is 4.47 Å². The second-order valence-corrected chi connectivity index (χ2v) is 5.81. The Hall–Kier alpha value is -1.36. The summed E-state index contributed by atoms with van der Waals surface area (Å²) in [6.45, 7) is 3.85.